The largest absolute Gasteiger partial charge is 0.695 e. The molecule has 45 heavy (non-hydrogen) atoms. The summed E-state index contributed by atoms with van der Waals surface area (Å²) in [5.41, 5.74) is 1.05. The van der Waals surface area contributed by atoms with Crippen molar-refractivity contribution in [3.05, 3.63) is 71.7 Å². The molecule has 4 rings (SSSR count). The first kappa shape index (κ1) is 33.3. The van der Waals surface area contributed by atoms with Gasteiger partial charge in [0.05, 0.1) is 30.2 Å². The first-order valence-electron chi connectivity index (χ1n) is 13.5. The van der Waals surface area contributed by atoms with Crippen LogP contribution in [-0.4, -0.2) is 55.9 Å². The number of hydrogen-bond acceptors (Lipinski definition) is 10. The van der Waals surface area contributed by atoms with Gasteiger partial charge in [-0.15, -0.1) is 9.42 Å². The lowest BCUT2D eigenvalue weighted by Gasteiger charge is -2.18. The fraction of sp³-hybridized carbons (Fsp3) is 0.286. The summed E-state index contributed by atoms with van der Waals surface area (Å²) in [5, 5.41) is 21.5. The number of rotatable bonds is 14. The van der Waals surface area contributed by atoms with Gasteiger partial charge in [-0.25, -0.2) is 4.98 Å². The van der Waals surface area contributed by atoms with E-state index in [1.807, 2.05) is 0 Å². The molecule has 0 saturated heterocycles. The zero-order chi connectivity index (χ0) is 32.6. The van der Waals surface area contributed by atoms with Gasteiger partial charge >= 0.3 is 14.4 Å². The summed E-state index contributed by atoms with van der Waals surface area (Å²) < 4.78 is 64.7. The second-order valence-corrected chi connectivity index (χ2v) is 10.2. The number of aliphatic hydroxyl groups is 1. The van der Waals surface area contributed by atoms with E-state index < -0.39 is 31.7 Å². The van der Waals surface area contributed by atoms with Crippen LogP contribution < -0.4 is 20.7 Å². The number of benzene rings is 2. The molecule has 0 aliphatic heterocycles. The maximum absolute atomic E-state index is 14.0. The van der Waals surface area contributed by atoms with Gasteiger partial charge in [0, 0.05) is 42.2 Å². The minimum atomic E-state index is -4.83. The van der Waals surface area contributed by atoms with Gasteiger partial charge in [-0.2, -0.15) is 23.3 Å². The van der Waals surface area contributed by atoms with E-state index >= 15 is 0 Å². The van der Waals surface area contributed by atoms with Crippen LogP contribution in [0.3, 0.4) is 0 Å². The Balaban J connectivity index is 1.69. The fourth-order valence-electron chi connectivity index (χ4n) is 4.20. The van der Waals surface area contributed by atoms with Crippen molar-refractivity contribution >= 4 is 37.3 Å². The molecule has 0 fully saturated rings. The Morgan fingerprint density at radius 3 is 2.56 bits per heavy atom. The molecule has 238 valence electrons. The lowest BCUT2D eigenvalue weighted by molar-refractivity contribution is -0.137. The number of nitrogens with zero attached hydrogens (tertiary/aromatic N) is 4. The Kier molecular flexibility index (Phi) is 11.0. The summed E-state index contributed by atoms with van der Waals surface area (Å²) in [5.74, 6) is -1.09. The van der Waals surface area contributed by atoms with Crippen LogP contribution in [0.5, 0.6) is 5.75 Å². The monoisotopic (exact) mass is 648 g/mol. The Hall–Kier alpha value is -4.63. The second-order valence-electron chi connectivity index (χ2n) is 9.44. The lowest BCUT2D eigenvalue weighted by atomic mass is 10.0. The number of hydrogen-bond donors (Lipinski definition) is 5. The smallest absolute Gasteiger partial charge is 0.495 e. The zero-order valence-electron chi connectivity index (χ0n) is 24.1. The molecule has 2 aromatic heterocycles. The average Bonchev–Trinajstić information content (AvgIpc) is 3.48. The standard InChI is InChI=1S/C28H29F3N7O6P/c1-3-32-26(40)20-12-18(19-13-34-38(15-19)9-4-10-39)6-8-22(20)35-25-21(28(29,30)31)14-33-27(37-25)36-23-7-5-17(11-24(23)43-2)16-44-45(41)42/h5-8,11-15,39H,3-4,9-10,16H2,1-2H3,(H3-,32,33,35,36,37,40,41,42)/p+1. The number of methoxy groups -OCH3 is 1. The Morgan fingerprint density at radius 2 is 1.87 bits per heavy atom. The van der Waals surface area contributed by atoms with Crippen LogP contribution in [0.25, 0.3) is 11.1 Å². The van der Waals surface area contributed by atoms with Crippen LogP contribution in [0.1, 0.15) is 34.8 Å². The Labute approximate surface area is 256 Å². The minimum absolute atomic E-state index is 0.00215. The first-order valence-corrected chi connectivity index (χ1v) is 14.7. The number of ether oxygens (including phenoxy) is 1. The van der Waals surface area contributed by atoms with E-state index in [1.54, 1.807) is 36.1 Å². The molecule has 5 N–H and O–H groups in total. The fourth-order valence-corrected chi connectivity index (χ4v) is 4.45. The molecule has 1 atom stereocenters. The summed E-state index contributed by atoms with van der Waals surface area (Å²) in [6.45, 7) is 2.31. The number of halogens is 3. The molecule has 0 saturated carbocycles. The molecular formula is C28H30F3N7O6P+. The van der Waals surface area contributed by atoms with E-state index in [-0.39, 0.29) is 42.7 Å². The predicted molar refractivity (Wildman–Crippen MR) is 159 cm³/mol. The van der Waals surface area contributed by atoms with Crippen molar-refractivity contribution in [1.29, 1.82) is 0 Å². The van der Waals surface area contributed by atoms with Crippen LogP contribution in [-0.2, 0) is 28.4 Å². The van der Waals surface area contributed by atoms with Gasteiger partial charge in [-0.05, 0) is 48.7 Å². The Bertz CT molecular complexity index is 1670. The molecule has 0 radical (unpaired) electrons. The van der Waals surface area contributed by atoms with Gasteiger partial charge < -0.3 is 25.8 Å². The van der Waals surface area contributed by atoms with E-state index in [1.165, 1.54) is 31.4 Å². The molecule has 0 aliphatic rings. The highest BCUT2D eigenvalue weighted by Crippen LogP contribution is 2.37. The zero-order valence-corrected chi connectivity index (χ0v) is 25.0. The molecule has 0 spiro atoms. The van der Waals surface area contributed by atoms with Crippen LogP contribution in [0.2, 0.25) is 0 Å². The first-order chi connectivity index (χ1) is 21.5. The number of anilines is 4. The number of aryl methyl sites for hydroxylation is 1. The lowest BCUT2D eigenvalue weighted by Crippen LogP contribution is -2.24. The number of amides is 1. The third kappa shape index (κ3) is 8.73. The number of carbonyl (C=O) groups is 1. The maximum atomic E-state index is 14.0. The van der Waals surface area contributed by atoms with Crippen molar-refractivity contribution < 1.29 is 41.8 Å². The van der Waals surface area contributed by atoms with E-state index in [0.717, 1.165) is 0 Å². The van der Waals surface area contributed by atoms with Crippen molar-refractivity contribution in [2.75, 3.05) is 30.9 Å². The van der Waals surface area contributed by atoms with Gasteiger partial charge in [-0.3, -0.25) is 9.48 Å². The molecule has 0 bridgehead atoms. The average molecular weight is 649 g/mol. The third-order valence-corrected chi connectivity index (χ3v) is 6.66. The molecular weight excluding hydrogens is 618 g/mol. The minimum Gasteiger partial charge on any atom is -0.495 e. The van der Waals surface area contributed by atoms with E-state index in [2.05, 4.69) is 31.0 Å². The normalized spacial score (nSPS) is 11.7. The molecule has 1 amide bonds. The van der Waals surface area contributed by atoms with Crippen LogP contribution in [0, 0.1) is 0 Å². The molecule has 13 nitrogen and oxygen atoms in total. The number of alkyl halides is 3. The van der Waals surface area contributed by atoms with E-state index in [4.69, 9.17) is 19.3 Å². The number of aliphatic hydroxyl groups excluding tert-OH is 1. The topological polar surface area (TPSA) is 173 Å². The van der Waals surface area contributed by atoms with Gasteiger partial charge in [0.15, 0.2) is 0 Å². The Morgan fingerprint density at radius 1 is 1.09 bits per heavy atom. The van der Waals surface area contributed by atoms with Crippen molar-refractivity contribution in [2.24, 2.45) is 0 Å². The summed E-state index contributed by atoms with van der Waals surface area (Å²) in [6, 6.07) is 9.25. The van der Waals surface area contributed by atoms with E-state index in [9.17, 15) is 22.5 Å². The number of aromatic nitrogens is 4. The summed E-state index contributed by atoms with van der Waals surface area (Å²) in [4.78, 5) is 29.8. The second kappa shape index (κ2) is 14.9. The SMILES string of the molecule is CCNC(=O)c1cc(-c2cnn(CCCO)c2)ccc1Nc1nc(Nc2ccc(CO[P+](=O)O)cc2OC)ncc1C(F)(F)F. The number of nitrogens with one attached hydrogen (secondary N) is 3. The predicted octanol–water partition coefficient (Wildman–Crippen LogP) is 5.15. The number of carbonyl (C=O) groups excluding carboxylic acids is 1. The molecule has 4 aromatic rings. The van der Waals surface area contributed by atoms with Crippen LogP contribution in [0.4, 0.5) is 36.3 Å². The van der Waals surface area contributed by atoms with Crippen LogP contribution >= 0.6 is 8.25 Å². The quantitative estimate of drug-likeness (QED) is 0.114. The molecule has 2 heterocycles. The van der Waals surface area contributed by atoms with E-state index in [0.29, 0.717) is 41.5 Å². The summed E-state index contributed by atoms with van der Waals surface area (Å²) in [7, 11) is -1.44. The van der Waals surface area contributed by atoms with Gasteiger partial charge in [-0.1, -0.05) is 12.1 Å². The van der Waals surface area contributed by atoms with Crippen LogP contribution in [0.15, 0.2) is 55.0 Å². The van der Waals surface area contributed by atoms with Crippen molar-refractivity contribution in [2.45, 2.75) is 32.7 Å². The molecule has 1 unspecified atom stereocenters. The van der Waals surface area contributed by atoms with Crippen molar-refractivity contribution in [3.63, 3.8) is 0 Å². The van der Waals surface area contributed by atoms with Gasteiger partial charge in [0.2, 0.25) is 5.95 Å². The van der Waals surface area contributed by atoms with Gasteiger partial charge in [0.1, 0.15) is 23.7 Å². The van der Waals surface area contributed by atoms with Gasteiger partial charge in [0.25, 0.3) is 5.91 Å². The summed E-state index contributed by atoms with van der Waals surface area (Å²) in [6.07, 6.45) is -0.376. The van der Waals surface area contributed by atoms with Crippen molar-refractivity contribution in [3.8, 4) is 16.9 Å². The highest BCUT2D eigenvalue weighted by atomic mass is 31.1. The third-order valence-electron chi connectivity index (χ3n) is 6.31. The molecule has 2 aromatic carbocycles. The molecule has 0 aliphatic carbocycles. The highest BCUT2D eigenvalue weighted by Gasteiger charge is 2.36. The molecule has 17 heteroatoms. The summed E-state index contributed by atoms with van der Waals surface area (Å²) >= 11 is 0. The van der Waals surface area contributed by atoms with Crippen molar-refractivity contribution in [1.82, 2.24) is 25.1 Å². The highest BCUT2D eigenvalue weighted by molar-refractivity contribution is 7.32. The maximum Gasteiger partial charge on any atom is 0.695 e.